The van der Waals surface area contributed by atoms with Crippen molar-refractivity contribution in [3.63, 3.8) is 0 Å². The van der Waals surface area contributed by atoms with E-state index in [1.807, 2.05) is 19.0 Å². The van der Waals surface area contributed by atoms with Gasteiger partial charge in [0.05, 0.1) is 19.0 Å². The number of hydrogen-bond acceptors (Lipinski definition) is 7. The van der Waals surface area contributed by atoms with E-state index in [4.69, 9.17) is 4.74 Å². The molecule has 0 spiro atoms. The van der Waals surface area contributed by atoms with Crippen LogP contribution in [-0.2, 0) is 4.74 Å². The van der Waals surface area contributed by atoms with Crippen molar-refractivity contribution < 1.29 is 14.3 Å². The molecule has 1 aliphatic rings. The van der Waals surface area contributed by atoms with Gasteiger partial charge in [0.1, 0.15) is 11.5 Å². The molecule has 0 radical (unpaired) electrons. The highest BCUT2D eigenvalue weighted by atomic mass is 16.6. The zero-order valence-electron chi connectivity index (χ0n) is 15.8. The molecule has 2 heterocycles. The molecule has 0 unspecified atom stereocenters. The van der Waals surface area contributed by atoms with Crippen molar-refractivity contribution in [1.82, 2.24) is 25.1 Å². The lowest BCUT2D eigenvalue weighted by molar-refractivity contribution is 0.0946. The predicted octanol–water partition coefficient (Wildman–Crippen LogP) is 0.437. The average molecular weight is 364 g/mol. The van der Waals surface area contributed by atoms with Crippen LogP contribution in [0.1, 0.15) is 23.8 Å². The van der Waals surface area contributed by atoms with E-state index in [9.17, 15) is 9.59 Å². The summed E-state index contributed by atoms with van der Waals surface area (Å²) < 4.78 is 5.01. The Labute approximate surface area is 154 Å². The summed E-state index contributed by atoms with van der Waals surface area (Å²) in [5.74, 6) is 0.493. The van der Waals surface area contributed by atoms with E-state index >= 15 is 0 Å². The van der Waals surface area contributed by atoms with Crippen LogP contribution in [0.3, 0.4) is 0 Å². The third kappa shape index (κ3) is 5.83. The summed E-state index contributed by atoms with van der Waals surface area (Å²) in [7, 11) is 4.00. The topological polar surface area (TPSA) is 90.9 Å². The van der Waals surface area contributed by atoms with E-state index in [2.05, 4.69) is 20.2 Å². The Bertz CT molecular complexity index is 585. The standard InChI is InChI=1S/C17H28N6O3/c1-4-26-17(25)23-10-8-22(9-11-23)15-13-19-14(12-20-15)16(24)18-6-5-7-21(2)3/h12-13H,4-11H2,1-3H3,(H,18,24). The first-order valence-corrected chi connectivity index (χ1v) is 8.93. The number of amides is 2. The second-order valence-electron chi connectivity index (χ2n) is 6.35. The molecule has 1 fully saturated rings. The quantitative estimate of drug-likeness (QED) is 0.702. The van der Waals surface area contributed by atoms with Gasteiger partial charge >= 0.3 is 6.09 Å². The van der Waals surface area contributed by atoms with Gasteiger partial charge in [-0.3, -0.25) is 4.79 Å². The number of ether oxygens (including phenoxy) is 1. The van der Waals surface area contributed by atoms with Gasteiger partial charge < -0.3 is 24.8 Å². The van der Waals surface area contributed by atoms with Crippen molar-refractivity contribution in [2.24, 2.45) is 0 Å². The number of carbonyl (C=O) groups excluding carboxylic acids is 2. The highest BCUT2D eigenvalue weighted by Gasteiger charge is 2.23. The van der Waals surface area contributed by atoms with Gasteiger partial charge in [0, 0.05) is 32.7 Å². The van der Waals surface area contributed by atoms with Gasteiger partial charge in [-0.25, -0.2) is 14.8 Å². The molecule has 0 aromatic carbocycles. The van der Waals surface area contributed by atoms with Crippen molar-refractivity contribution >= 4 is 17.8 Å². The Hall–Kier alpha value is -2.42. The van der Waals surface area contributed by atoms with Gasteiger partial charge in [-0.05, 0) is 34.0 Å². The molecule has 0 aliphatic carbocycles. The number of nitrogens with zero attached hydrogens (tertiary/aromatic N) is 5. The number of carbonyl (C=O) groups is 2. The fourth-order valence-electron chi connectivity index (χ4n) is 2.62. The normalized spacial score (nSPS) is 14.5. The second kappa shape index (κ2) is 9.91. The highest BCUT2D eigenvalue weighted by molar-refractivity contribution is 5.91. The second-order valence-corrected chi connectivity index (χ2v) is 6.35. The summed E-state index contributed by atoms with van der Waals surface area (Å²) in [6.45, 7) is 6.17. The van der Waals surface area contributed by atoms with Gasteiger partial charge in [0.25, 0.3) is 5.91 Å². The minimum Gasteiger partial charge on any atom is -0.450 e. The first kappa shape index (κ1) is 19.9. The van der Waals surface area contributed by atoms with Crippen LogP contribution < -0.4 is 10.2 Å². The smallest absolute Gasteiger partial charge is 0.409 e. The van der Waals surface area contributed by atoms with Crippen molar-refractivity contribution in [3.05, 3.63) is 18.1 Å². The van der Waals surface area contributed by atoms with Crippen molar-refractivity contribution in [2.75, 3.05) is 64.9 Å². The monoisotopic (exact) mass is 364 g/mol. The van der Waals surface area contributed by atoms with Crippen LogP contribution in [-0.4, -0.2) is 91.7 Å². The maximum absolute atomic E-state index is 12.1. The van der Waals surface area contributed by atoms with Crippen molar-refractivity contribution in [3.8, 4) is 0 Å². The zero-order chi connectivity index (χ0) is 18.9. The Morgan fingerprint density at radius 1 is 1.19 bits per heavy atom. The molecule has 144 valence electrons. The summed E-state index contributed by atoms with van der Waals surface area (Å²) in [5, 5.41) is 2.84. The molecule has 1 aromatic rings. The third-order valence-corrected chi connectivity index (χ3v) is 4.07. The third-order valence-electron chi connectivity index (χ3n) is 4.07. The molecule has 26 heavy (non-hydrogen) atoms. The van der Waals surface area contributed by atoms with Gasteiger partial charge in [0.2, 0.25) is 0 Å². The lowest BCUT2D eigenvalue weighted by Crippen LogP contribution is -2.49. The maximum Gasteiger partial charge on any atom is 0.409 e. The van der Waals surface area contributed by atoms with E-state index in [-0.39, 0.29) is 12.0 Å². The molecule has 2 amide bonds. The van der Waals surface area contributed by atoms with Crippen LogP contribution in [0.4, 0.5) is 10.6 Å². The molecular formula is C17H28N6O3. The molecule has 9 nitrogen and oxygen atoms in total. The number of anilines is 1. The molecule has 9 heteroatoms. The van der Waals surface area contributed by atoms with Crippen LogP contribution in [0.2, 0.25) is 0 Å². The fourth-order valence-corrected chi connectivity index (χ4v) is 2.62. The molecule has 0 saturated carbocycles. The number of rotatable bonds is 7. The maximum atomic E-state index is 12.1. The highest BCUT2D eigenvalue weighted by Crippen LogP contribution is 2.13. The molecular weight excluding hydrogens is 336 g/mol. The molecule has 2 rings (SSSR count). The van der Waals surface area contributed by atoms with E-state index in [1.54, 1.807) is 18.0 Å². The predicted molar refractivity (Wildman–Crippen MR) is 98.3 cm³/mol. The van der Waals surface area contributed by atoms with Crippen LogP contribution >= 0.6 is 0 Å². The fraction of sp³-hybridized carbons (Fsp3) is 0.647. The summed E-state index contributed by atoms with van der Waals surface area (Å²) >= 11 is 0. The summed E-state index contributed by atoms with van der Waals surface area (Å²) in [6, 6.07) is 0. The van der Waals surface area contributed by atoms with Gasteiger partial charge in [-0.1, -0.05) is 0 Å². The van der Waals surface area contributed by atoms with Crippen molar-refractivity contribution in [1.29, 1.82) is 0 Å². The summed E-state index contributed by atoms with van der Waals surface area (Å²) in [5.41, 5.74) is 0.309. The van der Waals surface area contributed by atoms with Crippen LogP contribution in [0.15, 0.2) is 12.4 Å². The van der Waals surface area contributed by atoms with E-state index < -0.39 is 0 Å². The SMILES string of the molecule is CCOC(=O)N1CCN(c2cnc(C(=O)NCCCN(C)C)cn2)CC1. The lowest BCUT2D eigenvalue weighted by Gasteiger charge is -2.34. The summed E-state index contributed by atoms with van der Waals surface area (Å²) in [4.78, 5) is 38.1. The molecule has 1 aromatic heterocycles. The van der Waals surface area contributed by atoms with E-state index in [0.29, 0.717) is 50.8 Å². The Morgan fingerprint density at radius 2 is 1.92 bits per heavy atom. The molecule has 0 atom stereocenters. The van der Waals surface area contributed by atoms with Crippen molar-refractivity contribution in [2.45, 2.75) is 13.3 Å². The van der Waals surface area contributed by atoms with Crippen LogP contribution in [0.25, 0.3) is 0 Å². The van der Waals surface area contributed by atoms with E-state index in [0.717, 1.165) is 13.0 Å². The first-order chi connectivity index (χ1) is 12.5. The number of piperazine rings is 1. The number of nitrogens with one attached hydrogen (secondary N) is 1. The molecule has 1 saturated heterocycles. The minimum atomic E-state index is -0.278. The van der Waals surface area contributed by atoms with Crippen LogP contribution in [0, 0.1) is 0 Å². The molecule has 0 bridgehead atoms. The van der Waals surface area contributed by atoms with E-state index in [1.165, 1.54) is 6.20 Å². The van der Waals surface area contributed by atoms with Gasteiger partial charge in [-0.2, -0.15) is 0 Å². The average Bonchev–Trinajstić information content (AvgIpc) is 2.65. The Kier molecular flexibility index (Phi) is 7.58. The lowest BCUT2D eigenvalue weighted by atomic mass is 10.3. The Morgan fingerprint density at radius 3 is 2.50 bits per heavy atom. The van der Waals surface area contributed by atoms with Crippen LogP contribution in [0.5, 0.6) is 0 Å². The molecule has 1 aliphatic heterocycles. The molecule has 1 N–H and O–H groups in total. The minimum absolute atomic E-state index is 0.213. The number of aromatic nitrogens is 2. The van der Waals surface area contributed by atoms with Gasteiger partial charge in [-0.15, -0.1) is 0 Å². The van der Waals surface area contributed by atoms with Gasteiger partial charge in [0.15, 0.2) is 0 Å². The first-order valence-electron chi connectivity index (χ1n) is 8.93. The Balaban J connectivity index is 1.80. The zero-order valence-corrected chi connectivity index (χ0v) is 15.8. The number of hydrogen-bond donors (Lipinski definition) is 1. The largest absolute Gasteiger partial charge is 0.450 e. The summed E-state index contributed by atoms with van der Waals surface area (Å²) in [6.07, 6.45) is 3.71.